The van der Waals surface area contributed by atoms with E-state index >= 15 is 0 Å². The van der Waals surface area contributed by atoms with Crippen LogP contribution in [-0.2, 0) is 6.54 Å². The fourth-order valence-electron chi connectivity index (χ4n) is 1.53. The first-order valence-corrected chi connectivity index (χ1v) is 4.19. The predicted molar refractivity (Wildman–Crippen MR) is 43.4 cm³/mol. The highest BCUT2D eigenvalue weighted by Crippen LogP contribution is 2.13. The number of aromatic amines is 1. The van der Waals surface area contributed by atoms with E-state index in [9.17, 15) is 4.39 Å². The summed E-state index contributed by atoms with van der Waals surface area (Å²) in [5.41, 5.74) is 0. The third-order valence-electron chi connectivity index (χ3n) is 2.14. The van der Waals surface area contributed by atoms with Crippen LogP contribution >= 0.6 is 0 Å². The van der Waals surface area contributed by atoms with E-state index < -0.39 is 6.17 Å². The zero-order valence-electron chi connectivity index (χ0n) is 6.83. The monoisotopic (exact) mass is 169 g/mol. The number of hydrogen-bond acceptors (Lipinski definition) is 2. The summed E-state index contributed by atoms with van der Waals surface area (Å²) in [5.74, 6) is 0.920. The van der Waals surface area contributed by atoms with Crippen molar-refractivity contribution >= 4 is 0 Å². The summed E-state index contributed by atoms with van der Waals surface area (Å²) in [6, 6.07) is 0. The van der Waals surface area contributed by atoms with E-state index in [0.717, 1.165) is 18.9 Å². The first-order valence-electron chi connectivity index (χ1n) is 4.19. The minimum atomic E-state index is -0.639. The molecule has 3 nitrogen and oxygen atoms in total. The second-order valence-corrected chi connectivity index (χ2v) is 3.16. The number of nitrogens with zero attached hydrogens (tertiary/aromatic N) is 2. The van der Waals surface area contributed by atoms with E-state index in [-0.39, 0.29) is 0 Å². The first-order chi connectivity index (χ1) is 5.84. The Morgan fingerprint density at radius 2 is 2.67 bits per heavy atom. The summed E-state index contributed by atoms with van der Waals surface area (Å²) < 4.78 is 12.7. The van der Waals surface area contributed by atoms with Gasteiger partial charge in [-0.25, -0.2) is 9.37 Å². The molecule has 0 radical (unpaired) electrons. The average molecular weight is 169 g/mol. The van der Waals surface area contributed by atoms with Crippen LogP contribution in [0.15, 0.2) is 12.4 Å². The van der Waals surface area contributed by atoms with E-state index in [1.807, 2.05) is 0 Å². The highest BCUT2D eigenvalue weighted by molar-refractivity contribution is 4.88. The molecule has 1 aliphatic heterocycles. The third-order valence-corrected chi connectivity index (χ3v) is 2.14. The van der Waals surface area contributed by atoms with E-state index in [4.69, 9.17) is 0 Å². The third kappa shape index (κ3) is 1.64. The second kappa shape index (κ2) is 3.23. The van der Waals surface area contributed by atoms with Crippen molar-refractivity contribution in [1.82, 2.24) is 14.9 Å². The SMILES string of the molecule is FC1CCN(Cc2ncc[nH]2)C1. The van der Waals surface area contributed by atoms with Crippen LogP contribution in [0.3, 0.4) is 0 Å². The van der Waals surface area contributed by atoms with Crippen molar-refractivity contribution in [2.45, 2.75) is 19.1 Å². The van der Waals surface area contributed by atoms with Crippen LogP contribution in [0.4, 0.5) is 4.39 Å². The van der Waals surface area contributed by atoms with Crippen LogP contribution in [-0.4, -0.2) is 34.1 Å². The van der Waals surface area contributed by atoms with Gasteiger partial charge in [0.2, 0.25) is 0 Å². The van der Waals surface area contributed by atoms with Gasteiger partial charge in [-0.05, 0) is 6.42 Å². The molecule has 1 aromatic rings. The maximum atomic E-state index is 12.7. The molecule has 1 atom stereocenters. The summed E-state index contributed by atoms with van der Waals surface area (Å²) in [4.78, 5) is 9.16. The van der Waals surface area contributed by atoms with E-state index in [0.29, 0.717) is 13.0 Å². The maximum Gasteiger partial charge on any atom is 0.120 e. The van der Waals surface area contributed by atoms with Crippen molar-refractivity contribution in [2.24, 2.45) is 0 Å². The molecular weight excluding hydrogens is 157 g/mol. The summed E-state index contributed by atoms with van der Waals surface area (Å²) >= 11 is 0. The van der Waals surface area contributed by atoms with Gasteiger partial charge in [0.15, 0.2) is 0 Å². The Bertz CT molecular complexity index is 234. The molecule has 1 aliphatic rings. The van der Waals surface area contributed by atoms with Gasteiger partial charge in [0.1, 0.15) is 12.0 Å². The lowest BCUT2D eigenvalue weighted by molar-refractivity contribution is 0.278. The topological polar surface area (TPSA) is 31.9 Å². The van der Waals surface area contributed by atoms with Crippen molar-refractivity contribution in [3.63, 3.8) is 0 Å². The van der Waals surface area contributed by atoms with Gasteiger partial charge < -0.3 is 4.98 Å². The molecule has 1 aromatic heterocycles. The molecule has 0 aromatic carbocycles. The van der Waals surface area contributed by atoms with Gasteiger partial charge in [-0.1, -0.05) is 0 Å². The smallest absolute Gasteiger partial charge is 0.120 e. The number of nitrogens with one attached hydrogen (secondary N) is 1. The normalized spacial score (nSPS) is 24.9. The molecule has 1 unspecified atom stereocenters. The van der Waals surface area contributed by atoms with Gasteiger partial charge in [0, 0.05) is 25.5 Å². The number of aromatic nitrogens is 2. The zero-order chi connectivity index (χ0) is 8.39. The lowest BCUT2D eigenvalue weighted by atomic mass is 10.3. The molecule has 0 amide bonds. The molecule has 0 saturated carbocycles. The predicted octanol–water partition coefficient (Wildman–Crippen LogP) is 0.954. The van der Waals surface area contributed by atoms with Gasteiger partial charge >= 0.3 is 0 Å². The highest BCUT2D eigenvalue weighted by Gasteiger charge is 2.21. The number of likely N-dealkylation sites (tertiary alicyclic amines) is 1. The average Bonchev–Trinajstić information content (AvgIpc) is 2.63. The summed E-state index contributed by atoms with van der Waals surface area (Å²) in [6.45, 7) is 2.15. The van der Waals surface area contributed by atoms with Crippen molar-refractivity contribution < 1.29 is 4.39 Å². The summed E-state index contributed by atoms with van der Waals surface area (Å²) in [5, 5.41) is 0. The summed E-state index contributed by atoms with van der Waals surface area (Å²) in [6.07, 6.45) is 3.54. The van der Waals surface area contributed by atoms with E-state index in [2.05, 4.69) is 14.9 Å². The molecule has 0 aliphatic carbocycles. The highest BCUT2D eigenvalue weighted by atomic mass is 19.1. The molecule has 1 saturated heterocycles. The Morgan fingerprint density at radius 1 is 1.75 bits per heavy atom. The number of rotatable bonds is 2. The molecular formula is C8H12FN3. The van der Waals surface area contributed by atoms with Crippen LogP contribution in [0, 0.1) is 0 Å². The maximum absolute atomic E-state index is 12.7. The number of alkyl halides is 1. The largest absolute Gasteiger partial charge is 0.348 e. The first kappa shape index (κ1) is 7.73. The fraction of sp³-hybridized carbons (Fsp3) is 0.625. The van der Waals surface area contributed by atoms with Crippen LogP contribution in [0.2, 0.25) is 0 Å². The fourth-order valence-corrected chi connectivity index (χ4v) is 1.53. The van der Waals surface area contributed by atoms with Gasteiger partial charge in [-0.2, -0.15) is 0 Å². The van der Waals surface area contributed by atoms with Gasteiger partial charge in [-0.3, -0.25) is 4.90 Å². The quantitative estimate of drug-likeness (QED) is 0.715. The number of halogens is 1. The van der Waals surface area contributed by atoms with Gasteiger partial charge in [0.05, 0.1) is 6.54 Å². The van der Waals surface area contributed by atoms with Crippen LogP contribution < -0.4 is 0 Å². The molecule has 2 heterocycles. The standard InChI is InChI=1S/C8H12FN3/c9-7-1-4-12(5-7)6-8-10-2-3-11-8/h2-3,7H,1,4-6H2,(H,10,11). The Hall–Kier alpha value is -0.900. The lowest BCUT2D eigenvalue weighted by Gasteiger charge is -2.11. The zero-order valence-corrected chi connectivity index (χ0v) is 6.83. The minimum Gasteiger partial charge on any atom is -0.348 e. The Labute approximate surface area is 70.6 Å². The number of imidazole rings is 1. The number of hydrogen-bond donors (Lipinski definition) is 1. The molecule has 66 valence electrons. The van der Waals surface area contributed by atoms with Crippen LogP contribution in [0.5, 0.6) is 0 Å². The molecule has 12 heavy (non-hydrogen) atoms. The molecule has 0 bridgehead atoms. The molecule has 0 spiro atoms. The number of H-pyrrole nitrogens is 1. The second-order valence-electron chi connectivity index (χ2n) is 3.16. The van der Waals surface area contributed by atoms with Gasteiger partial charge in [0.25, 0.3) is 0 Å². The lowest BCUT2D eigenvalue weighted by Crippen LogP contribution is -2.21. The molecule has 1 N–H and O–H groups in total. The Kier molecular flexibility index (Phi) is 2.08. The Morgan fingerprint density at radius 3 is 3.25 bits per heavy atom. The summed E-state index contributed by atoms with van der Waals surface area (Å²) in [7, 11) is 0. The van der Waals surface area contributed by atoms with Crippen molar-refractivity contribution in [3.8, 4) is 0 Å². The van der Waals surface area contributed by atoms with E-state index in [1.54, 1.807) is 12.4 Å². The minimum absolute atomic E-state index is 0.556. The van der Waals surface area contributed by atoms with Crippen molar-refractivity contribution in [2.75, 3.05) is 13.1 Å². The van der Waals surface area contributed by atoms with Crippen LogP contribution in [0.25, 0.3) is 0 Å². The molecule has 2 rings (SSSR count). The van der Waals surface area contributed by atoms with E-state index in [1.165, 1.54) is 0 Å². The van der Waals surface area contributed by atoms with Crippen LogP contribution in [0.1, 0.15) is 12.2 Å². The van der Waals surface area contributed by atoms with Crippen molar-refractivity contribution in [3.05, 3.63) is 18.2 Å². The molecule has 4 heteroatoms. The Balaban J connectivity index is 1.88. The van der Waals surface area contributed by atoms with Gasteiger partial charge in [-0.15, -0.1) is 0 Å². The van der Waals surface area contributed by atoms with Crippen molar-refractivity contribution in [1.29, 1.82) is 0 Å². The molecule has 1 fully saturated rings.